The van der Waals surface area contributed by atoms with Crippen molar-refractivity contribution in [3.63, 3.8) is 0 Å². The van der Waals surface area contributed by atoms with Crippen LogP contribution in [0.15, 0.2) is 12.1 Å². The zero-order chi connectivity index (χ0) is 12.6. The maximum absolute atomic E-state index is 14.1. The fraction of sp³-hybridized carbons (Fsp3) is 0.364. The molecule has 1 unspecified atom stereocenters. The van der Waals surface area contributed by atoms with Gasteiger partial charge in [-0.1, -0.05) is 11.6 Å². The van der Waals surface area contributed by atoms with Gasteiger partial charge in [-0.25, -0.2) is 4.39 Å². The molecule has 1 aliphatic rings. The molecule has 17 heavy (non-hydrogen) atoms. The molecule has 1 aromatic rings. The Labute approximate surface area is 109 Å². The monoisotopic (exact) mass is 275 g/mol. The number of carbonyl (C=O) groups excluding carboxylic acids is 1. The lowest BCUT2D eigenvalue weighted by Crippen LogP contribution is -2.26. The summed E-state index contributed by atoms with van der Waals surface area (Å²) in [5.41, 5.74) is 0.0765. The number of benzene rings is 1. The standard InChI is InChI=1S/C11H11ClFNO2S/c1-16-8-3-2-7(12)11(10(8)13)14-5-6(17)4-9(14)15/h2-3,6,17H,4-5H2,1H3. The molecule has 1 heterocycles. The van der Waals surface area contributed by atoms with E-state index in [9.17, 15) is 9.18 Å². The third-order valence-electron chi connectivity index (χ3n) is 2.63. The Morgan fingerprint density at radius 3 is 2.82 bits per heavy atom. The second kappa shape index (κ2) is 4.74. The number of ether oxygens (including phenoxy) is 1. The number of amides is 1. The van der Waals surface area contributed by atoms with Gasteiger partial charge in [-0.05, 0) is 12.1 Å². The van der Waals surface area contributed by atoms with E-state index in [1.54, 1.807) is 0 Å². The summed E-state index contributed by atoms with van der Waals surface area (Å²) in [6.07, 6.45) is 0.288. The van der Waals surface area contributed by atoms with Gasteiger partial charge in [-0.2, -0.15) is 12.6 Å². The van der Waals surface area contributed by atoms with Crippen molar-refractivity contribution in [1.29, 1.82) is 0 Å². The van der Waals surface area contributed by atoms with Gasteiger partial charge in [0.15, 0.2) is 11.6 Å². The highest BCUT2D eigenvalue weighted by Crippen LogP contribution is 2.37. The van der Waals surface area contributed by atoms with E-state index in [2.05, 4.69) is 12.6 Å². The second-order valence-electron chi connectivity index (χ2n) is 3.77. The van der Waals surface area contributed by atoms with Crippen LogP contribution in [-0.4, -0.2) is 24.8 Å². The maximum Gasteiger partial charge on any atom is 0.228 e. The molecule has 1 atom stereocenters. The molecular weight excluding hydrogens is 265 g/mol. The molecule has 1 fully saturated rings. The second-order valence-corrected chi connectivity index (χ2v) is 4.91. The van der Waals surface area contributed by atoms with Gasteiger partial charge in [-0.15, -0.1) is 0 Å². The molecule has 0 aliphatic carbocycles. The first-order valence-electron chi connectivity index (χ1n) is 5.05. The van der Waals surface area contributed by atoms with Crippen molar-refractivity contribution in [2.75, 3.05) is 18.6 Å². The maximum atomic E-state index is 14.1. The lowest BCUT2D eigenvalue weighted by molar-refractivity contribution is -0.117. The first-order valence-corrected chi connectivity index (χ1v) is 5.94. The van der Waals surface area contributed by atoms with E-state index in [1.807, 2.05) is 0 Å². The van der Waals surface area contributed by atoms with E-state index in [0.717, 1.165) is 0 Å². The molecule has 1 amide bonds. The predicted octanol–water partition coefficient (Wildman–Crippen LogP) is 2.52. The van der Waals surface area contributed by atoms with Crippen LogP contribution in [0.5, 0.6) is 5.75 Å². The van der Waals surface area contributed by atoms with E-state index in [1.165, 1.54) is 24.1 Å². The summed E-state index contributed by atoms with van der Waals surface area (Å²) in [7, 11) is 1.36. The van der Waals surface area contributed by atoms with Gasteiger partial charge in [-0.3, -0.25) is 4.79 Å². The number of rotatable bonds is 2. The van der Waals surface area contributed by atoms with Crippen LogP contribution in [0.3, 0.4) is 0 Å². The van der Waals surface area contributed by atoms with E-state index in [4.69, 9.17) is 16.3 Å². The Bertz CT molecular complexity index is 469. The summed E-state index contributed by atoms with van der Waals surface area (Å²) in [5, 5.41) is 0.100. The van der Waals surface area contributed by atoms with Crippen molar-refractivity contribution in [1.82, 2.24) is 0 Å². The molecule has 1 aromatic carbocycles. The van der Waals surface area contributed by atoms with Crippen molar-refractivity contribution >= 4 is 35.8 Å². The fourth-order valence-corrected chi connectivity index (χ4v) is 2.40. The largest absolute Gasteiger partial charge is 0.494 e. The zero-order valence-corrected chi connectivity index (χ0v) is 10.8. The minimum absolute atomic E-state index is 0.0693. The number of halogens is 2. The third kappa shape index (κ3) is 2.21. The van der Waals surface area contributed by atoms with Gasteiger partial charge in [0.25, 0.3) is 0 Å². The van der Waals surface area contributed by atoms with Gasteiger partial charge in [0, 0.05) is 18.2 Å². The number of nitrogens with zero attached hydrogens (tertiary/aromatic N) is 1. The van der Waals surface area contributed by atoms with Crippen molar-refractivity contribution in [2.24, 2.45) is 0 Å². The predicted molar refractivity (Wildman–Crippen MR) is 67.7 cm³/mol. The highest BCUT2D eigenvalue weighted by molar-refractivity contribution is 7.81. The lowest BCUT2D eigenvalue weighted by Gasteiger charge is -2.19. The van der Waals surface area contributed by atoms with E-state index in [-0.39, 0.29) is 34.0 Å². The average Bonchev–Trinajstić information content (AvgIpc) is 2.58. The Morgan fingerprint density at radius 1 is 1.59 bits per heavy atom. The van der Waals surface area contributed by atoms with Crippen molar-refractivity contribution in [3.05, 3.63) is 23.0 Å². The van der Waals surface area contributed by atoms with Crippen molar-refractivity contribution in [2.45, 2.75) is 11.7 Å². The van der Waals surface area contributed by atoms with Gasteiger partial charge >= 0.3 is 0 Å². The molecule has 6 heteroatoms. The highest BCUT2D eigenvalue weighted by atomic mass is 35.5. The normalized spacial score (nSPS) is 19.9. The summed E-state index contributed by atoms with van der Waals surface area (Å²) in [5.74, 6) is -0.727. The molecule has 0 spiro atoms. The number of anilines is 1. The van der Waals surface area contributed by atoms with Crippen LogP contribution in [0.2, 0.25) is 5.02 Å². The summed E-state index contributed by atoms with van der Waals surface area (Å²) in [4.78, 5) is 13.0. The number of hydrogen-bond donors (Lipinski definition) is 1. The van der Waals surface area contributed by atoms with Crippen molar-refractivity contribution in [3.8, 4) is 5.75 Å². The van der Waals surface area contributed by atoms with E-state index in [0.29, 0.717) is 6.54 Å². The zero-order valence-electron chi connectivity index (χ0n) is 9.11. The Kier molecular flexibility index (Phi) is 3.49. The van der Waals surface area contributed by atoms with Crippen LogP contribution in [0.25, 0.3) is 0 Å². The van der Waals surface area contributed by atoms with Crippen LogP contribution in [0.1, 0.15) is 6.42 Å². The number of methoxy groups -OCH3 is 1. The quantitative estimate of drug-likeness (QED) is 0.841. The lowest BCUT2D eigenvalue weighted by atomic mass is 10.2. The average molecular weight is 276 g/mol. The molecular formula is C11H11ClFNO2S. The molecule has 1 aliphatic heterocycles. The number of thiol groups is 1. The van der Waals surface area contributed by atoms with Crippen LogP contribution < -0.4 is 9.64 Å². The Morgan fingerprint density at radius 2 is 2.29 bits per heavy atom. The molecule has 3 nitrogen and oxygen atoms in total. The first-order chi connectivity index (χ1) is 8.04. The molecule has 0 N–H and O–H groups in total. The van der Waals surface area contributed by atoms with E-state index >= 15 is 0 Å². The minimum atomic E-state index is -0.615. The number of carbonyl (C=O) groups is 1. The minimum Gasteiger partial charge on any atom is -0.494 e. The third-order valence-corrected chi connectivity index (χ3v) is 3.28. The van der Waals surface area contributed by atoms with E-state index < -0.39 is 5.82 Å². The van der Waals surface area contributed by atoms with Crippen LogP contribution >= 0.6 is 24.2 Å². The van der Waals surface area contributed by atoms with Gasteiger partial charge in [0.2, 0.25) is 5.91 Å². The highest BCUT2D eigenvalue weighted by Gasteiger charge is 2.32. The van der Waals surface area contributed by atoms with Gasteiger partial charge < -0.3 is 9.64 Å². The molecule has 0 saturated carbocycles. The van der Waals surface area contributed by atoms with Crippen LogP contribution in [0.4, 0.5) is 10.1 Å². The summed E-state index contributed by atoms with van der Waals surface area (Å²) in [6, 6.07) is 2.94. The molecule has 1 saturated heterocycles. The number of hydrogen-bond acceptors (Lipinski definition) is 3. The SMILES string of the molecule is COc1ccc(Cl)c(N2CC(S)CC2=O)c1F. The Balaban J connectivity index is 2.47. The summed E-state index contributed by atoms with van der Waals surface area (Å²) in [6.45, 7) is 0.353. The molecule has 92 valence electrons. The van der Waals surface area contributed by atoms with Gasteiger partial charge in [0.1, 0.15) is 5.69 Å². The van der Waals surface area contributed by atoms with Crippen molar-refractivity contribution < 1.29 is 13.9 Å². The molecule has 0 bridgehead atoms. The summed E-state index contributed by atoms with van der Waals surface area (Å²) >= 11 is 10.2. The Hall–Kier alpha value is -0.940. The van der Waals surface area contributed by atoms with Crippen LogP contribution in [-0.2, 0) is 4.79 Å². The topological polar surface area (TPSA) is 29.5 Å². The van der Waals surface area contributed by atoms with Crippen LogP contribution in [0, 0.1) is 5.82 Å². The molecule has 0 aromatic heterocycles. The smallest absolute Gasteiger partial charge is 0.228 e. The fourth-order valence-electron chi connectivity index (χ4n) is 1.83. The first kappa shape index (κ1) is 12.5. The molecule has 0 radical (unpaired) electrons. The summed E-state index contributed by atoms with van der Waals surface area (Å²) < 4.78 is 18.9. The van der Waals surface area contributed by atoms with Gasteiger partial charge in [0.05, 0.1) is 12.1 Å². The molecule has 2 rings (SSSR count).